The normalized spacial score (nSPS) is 10.0. The Labute approximate surface area is 138 Å². The lowest BCUT2D eigenvalue weighted by Gasteiger charge is -2.17. The molecule has 0 aliphatic rings. The van der Waals surface area contributed by atoms with E-state index in [9.17, 15) is 24.5 Å². The minimum absolute atomic E-state index is 0.0150. The summed E-state index contributed by atoms with van der Waals surface area (Å²) < 4.78 is 0. The van der Waals surface area contributed by atoms with Crippen molar-refractivity contribution < 1.29 is 19.3 Å². The van der Waals surface area contributed by atoms with Crippen LogP contribution in [-0.4, -0.2) is 42.8 Å². The van der Waals surface area contributed by atoms with E-state index in [2.05, 4.69) is 10.7 Å². The molecule has 0 heterocycles. The molecule has 0 radical (unpaired) electrons. The van der Waals surface area contributed by atoms with Gasteiger partial charge in [0.15, 0.2) is 0 Å². The molecular weight excluding hydrogens is 318 g/mol. The van der Waals surface area contributed by atoms with Crippen molar-refractivity contribution in [2.45, 2.75) is 19.9 Å². The number of anilines is 1. The van der Waals surface area contributed by atoms with Gasteiger partial charge in [-0.2, -0.15) is 0 Å². The van der Waals surface area contributed by atoms with E-state index in [4.69, 9.17) is 0 Å². The van der Waals surface area contributed by atoms with Crippen LogP contribution in [0.2, 0.25) is 0 Å². The lowest BCUT2D eigenvalue weighted by molar-refractivity contribution is -0.384. The summed E-state index contributed by atoms with van der Waals surface area (Å²) in [6.07, 6.45) is 0. The molecule has 0 bridgehead atoms. The lowest BCUT2D eigenvalue weighted by atomic mass is 10.1. The Kier molecular flexibility index (Phi) is 6.22. The third kappa shape index (κ3) is 4.93. The first-order chi connectivity index (χ1) is 11.1. The summed E-state index contributed by atoms with van der Waals surface area (Å²) in [5, 5.41) is 13.2. The van der Waals surface area contributed by atoms with E-state index in [1.54, 1.807) is 32.8 Å². The molecule has 10 heteroatoms. The first kappa shape index (κ1) is 18.9. The highest BCUT2D eigenvalue weighted by atomic mass is 16.6. The van der Waals surface area contributed by atoms with Crippen LogP contribution in [0.5, 0.6) is 0 Å². The average Bonchev–Trinajstić information content (AvgIpc) is 2.50. The molecule has 0 fully saturated rings. The monoisotopic (exact) mass is 337 g/mol. The molecular formula is C14H19N5O5. The minimum atomic E-state index is -1.05. The second-order valence-electron chi connectivity index (χ2n) is 5.39. The second-order valence-corrected chi connectivity index (χ2v) is 5.39. The maximum Gasteiger partial charge on any atom is 0.327 e. The summed E-state index contributed by atoms with van der Waals surface area (Å²) in [6, 6.07) is 3.53. The van der Waals surface area contributed by atoms with Crippen LogP contribution in [0, 0.1) is 10.1 Å². The number of benzene rings is 1. The predicted octanol–water partition coefficient (Wildman–Crippen LogP) is -0.0536. The number of rotatable bonds is 4. The van der Waals surface area contributed by atoms with Crippen molar-refractivity contribution in [2.75, 3.05) is 19.0 Å². The van der Waals surface area contributed by atoms with Crippen molar-refractivity contribution >= 4 is 29.1 Å². The highest BCUT2D eigenvalue weighted by molar-refractivity contribution is 6.35. The largest absolute Gasteiger partial charge is 0.377 e. The first-order valence-corrected chi connectivity index (χ1v) is 7.00. The molecule has 0 saturated carbocycles. The van der Waals surface area contributed by atoms with Crippen molar-refractivity contribution in [3.63, 3.8) is 0 Å². The van der Waals surface area contributed by atoms with Gasteiger partial charge in [0.25, 0.3) is 11.6 Å². The average molecular weight is 337 g/mol. The number of hydrogen-bond acceptors (Lipinski definition) is 6. The Morgan fingerprint density at radius 2 is 1.75 bits per heavy atom. The highest BCUT2D eigenvalue weighted by Crippen LogP contribution is 2.23. The molecule has 24 heavy (non-hydrogen) atoms. The fraction of sp³-hybridized carbons (Fsp3) is 0.357. The fourth-order valence-electron chi connectivity index (χ4n) is 1.77. The van der Waals surface area contributed by atoms with Crippen LogP contribution >= 0.6 is 0 Å². The highest BCUT2D eigenvalue weighted by Gasteiger charge is 2.20. The van der Waals surface area contributed by atoms with Crippen LogP contribution in [0.25, 0.3) is 0 Å². The van der Waals surface area contributed by atoms with Crippen molar-refractivity contribution in [1.29, 1.82) is 0 Å². The minimum Gasteiger partial charge on any atom is -0.377 e. The topological polar surface area (TPSA) is 134 Å². The summed E-state index contributed by atoms with van der Waals surface area (Å²) in [7, 11) is 3.32. The van der Waals surface area contributed by atoms with E-state index in [1.807, 2.05) is 5.43 Å². The summed E-state index contributed by atoms with van der Waals surface area (Å²) in [4.78, 5) is 47.0. The van der Waals surface area contributed by atoms with Gasteiger partial charge in [-0.15, -0.1) is 0 Å². The summed E-state index contributed by atoms with van der Waals surface area (Å²) in [5.41, 5.74) is 4.16. The van der Waals surface area contributed by atoms with Crippen molar-refractivity contribution in [3.05, 3.63) is 33.9 Å². The Morgan fingerprint density at radius 3 is 2.25 bits per heavy atom. The third-order valence-electron chi connectivity index (χ3n) is 2.83. The van der Waals surface area contributed by atoms with E-state index in [1.165, 1.54) is 12.1 Å². The van der Waals surface area contributed by atoms with Crippen LogP contribution in [-0.2, 0) is 9.59 Å². The fourth-order valence-corrected chi connectivity index (χ4v) is 1.77. The quantitative estimate of drug-likeness (QED) is 0.400. The molecule has 1 rings (SSSR count). The van der Waals surface area contributed by atoms with E-state index < -0.39 is 22.6 Å². The van der Waals surface area contributed by atoms with E-state index in [0.29, 0.717) is 5.69 Å². The van der Waals surface area contributed by atoms with E-state index >= 15 is 0 Å². The first-order valence-electron chi connectivity index (χ1n) is 7.00. The molecule has 0 atom stereocenters. The molecule has 0 unspecified atom stereocenters. The van der Waals surface area contributed by atoms with Gasteiger partial charge in [-0.1, -0.05) is 0 Å². The smallest absolute Gasteiger partial charge is 0.327 e. The standard InChI is InChI=1S/C14H19N5O5/c1-8(2)15-13(21)14(22)17-16-12(20)10-7-9(19(23)24)5-6-11(10)18(3)4/h5-8H,1-4H3,(H,15,21)(H,16,20)(H,17,22). The zero-order valence-electron chi connectivity index (χ0n) is 13.7. The number of amides is 3. The number of nitrogens with one attached hydrogen (secondary N) is 3. The summed E-state index contributed by atoms with van der Waals surface area (Å²) in [5.74, 6) is -2.74. The number of hydrogen-bond donors (Lipinski definition) is 3. The van der Waals surface area contributed by atoms with Crippen LogP contribution < -0.4 is 21.1 Å². The maximum absolute atomic E-state index is 12.2. The predicted molar refractivity (Wildman–Crippen MR) is 86.3 cm³/mol. The van der Waals surface area contributed by atoms with Crippen LogP contribution in [0.1, 0.15) is 24.2 Å². The Hall–Kier alpha value is -3.17. The lowest BCUT2D eigenvalue weighted by Crippen LogP contribution is -2.49. The number of non-ortho nitro benzene ring substituents is 1. The molecule has 0 spiro atoms. The van der Waals surface area contributed by atoms with Gasteiger partial charge in [-0.25, -0.2) is 0 Å². The Morgan fingerprint density at radius 1 is 1.12 bits per heavy atom. The van der Waals surface area contributed by atoms with Crippen LogP contribution in [0.15, 0.2) is 18.2 Å². The van der Waals surface area contributed by atoms with Gasteiger partial charge in [0.05, 0.1) is 10.5 Å². The number of nitrogens with zero attached hydrogens (tertiary/aromatic N) is 2. The van der Waals surface area contributed by atoms with Gasteiger partial charge in [0.2, 0.25) is 0 Å². The zero-order chi connectivity index (χ0) is 18.4. The Balaban J connectivity index is 2.90. The van der Waals surface area contributed by atoms with Gasteiger partial charge in [0, 0.05) is 38.0 Å². The van der Waals surface area contributed by atoms with Crippen molar-refractivity contribution in [2.24, 2.45) is 0 Å². The molecule has 0 aromatic heterocycles. The number of nitro benzene ring substituents is 1. The molecule has 10 nitrogen and oxygen atoms in total. The van der Waals surface area contributed by atoms with Gasteiger partial charge >= 0.3 is 11.8 Å². The van der Waals surface area contributed by atoms with Crippen molar-refractivity contribution in [1.82, 2.24) is 16.2 Å². The number of carbonyl (C=O) groups excluding carboxylic acids is 3. The SMILES string of the molecule is CC(C)NC(=O)C(=O)NNC(=O)c1cc([N+](=O)[O-])ccc1N(C)C. The van der Waals surface area contributed by atoms with E-state index in [-0.39, 0.29) is 17.3 Å². The molecule has 1 aromatic rings. The number of nitro groups is 1. The van der Waals surface area contributed by atoms with Gasteiger partial charge in [-0.05, 0) is 19.9 Å². The maximum atomic E-state index is 12.2. The summed E-state index contributed by atoms with van der Waals surface area (Å²) >= 11 is 0. The van der Waals surface area contributed by atoms with Crippen LogP contribution in [0.3, 0.4) is 0 Å². The van der Waals surface area contributed by atoms with Gasteiger partial charge in [0.1, 0.15) is 0 Å². The molecule has 3 N–H and O–H groups in total. The molecule has 1 aromatic carbocycles. The molecule has 3 amide bonds. The number of carbonyl (C=O) groups is 3. The molecule has 130 valence electrons. The summed E-state index contributed by atoms with van der Waals surface area (Å²) in [6.45, 7) is 3.35. The molecule has 0 aliphatic heterocycles. The van der Waals surface area contributed by atoms with Crippen molar-refractivity contribution in [3.8, 4) is 0 Å². The Bertz CT molecular complexity index is 672. The third-order valence-corrected chi connectivity index (χ3v) is 2.83. The molecule has 0 saturated heterocycles. The van der Waals surface area contributed by atoms with Crippen LogP contribution in [0.4, 0.5) is 11.4 Å². The van der Waals surface area contributed by atoms with Gasteiger partial charge in [-0.3, -0.25) is 35.3 Å². The van der Waals surface area contributed by atoms with Gasteiger partial charge < -0.3 is 10.2 Å². The second kappa shape index (κ2) is 7.90. The number of hydrazine groups is 1. The molecule has 0 aliphatic carbocycles. The van der Waals surface area contributed by atoms with E-state index in [0.717, 1.165) is 6.07 Å². The zero-order valence-corrected chi connectivity index (χ0v) is 13.7.